The number of amides is 1. The maximum absolute atomic E-state index is 13.6. The second-order valence-electron chi connectivity index (χ2n) is 10.9. The molecular formula is C23H20F27NO5. The van der Waals surface area contributed by atoms with Crippen LogP contribution in [-0.2, 0) is 23.7 Å². The summed E-state index contributed by atoms with van der Waals surface area (Å²) >= 11 is 0. The molecule has 0 aromatic heterocycles. The third-order valence-electron chi connectivity index (χ3n) is 7.13. The van der Waals surface area contributed by atoms with Crippen LogP contribution < -0.4 is 0 Å². The smallest absolute Gasteiger partial charge is 0.371 e. The molecule has 33 heteroatoms. The van der Waals surface area contributed by atoms with E-state index < -0.39 is 130 Å². The lowest BCUT2D eigenvalue weighted by atomic mass is 9.89. The topological polar surface area (TPSA) is 57.2 Å². The van der Waals surface area contributed by atoms with Gasteiger partial charge in [0.15, 0.2) is 0 Å². The summed E-state index contributed by atoms with van der Waals surface area (Å²) in [5.74, 6) is -1.63. The van der Waals surface area contributed by atoms with Gasteiger partial charge in [-0.05, 0) is 13.8 Å². The van der Waals surface area contributed by atoms with E-state index in [1.54, 1.807) is 0 Å². The number of carbonyl (C=O) groups is 1. The van der Waals surface area contributed by atoms with Crippen LogP contribution in [0.15, 0.2) is 0 Å². The van der Waals surface area contributed by atoms with Crippen LogP contribution in [0.25, 0.3) is 0 Å². The Labute approximate surface area is 292 Å². The number of nitrogens with zero attached hydrogens (tertiary/aromatic N) is 1. The first-order valence-electron chi connectivity index (χ1n) is 13.7. The quantitative estimate of drug-likeness (QED) is 0.154. The van der Waals surface area contributed by atoms with Gasteiger partial charge in [0.2, 0.25) is 5.91 Å². The van der Waals surface area contributed by atoms with Crippen molar-refractivity contribution in [3.63, 3.8) is 0 Å². The minimum Gasteiger partial charge on any atom is -0.371 e. The van der Waals surface area contributed by atoms with Crippen LogP contribution in [-0.4, -0.2) is 129 Å². The Morgan fingerprint density at radius 3 is 0.732 bits per heavy atom. The van der Waals surface area contributed by atoms with Crippen LogP contribution in [0.1, 0.15) is 13.8 Å². The summed E-state index contributed by atoms with van der Waals surface area (Å²) in [6, 6.07) is 0. The standard InChI is InChI=1S/C23H20F27NO5/c1-3-51(4-2)10(52)5-53-6-11(7-54-12(15(24,25)26,16(27,28)29)17(30,31)32,8-55-13(18(33,34)35,19(36,37)38)20(39,40)41)9-56-14(21(42,43)44,22(45,46)47)23(48,49)50/h3-9H2,1-2H3. The minimum absolute atomic E-state index is 0.485. The summed E-state index contributed by atoms with van der Waals surface area (Å²) in [6.45, 7) is -16.1. The van der Waals surface area contributed by atoms with Crippen LogP contribution in [0.2, 0.25) is 0 Å². The molecule has 0 aromatic rings. The molecule has 0 rings (SSSR count). The summed E-state index contributed by atoms with van der Waals surface area (Å²) in [6.07, 6.45) is -72.6. The van der Waals surface area contributed by atoms with Gasteiger partial charge in [0.25, 0.3) is 0 Å². The van der Waals surface area contributed by atoms with Crippen LogP contribution >= 0.6 is 0 Å². The normalized spacial score (nSPS) is 15.7. The van der Waals surface area contributed by atoms with Crippen molar-refractivity contribution < 1.29 is 142 Å². The molecule has 336 valence electrons. The molecule has 0 saturated heterocycles. The van der Waals surface area contributed by atoms with Crippen molar-refractivity contribution in [1.29, 1.82) is 0 Å². The van der Waals surface area contributed by atoms with Gasteiger partial charge < -0.3 is 23.8 Å². The molecule has 0 unspecified atom stereocenters. The van der Waals surface area contributed by atoms with E-state index in [1.165, 1.54) is 0 Å². The highest BCUT2D eigenvalue weighted by Gasteiger charge is 2.88. The average molecular weight is 903 g/mol. The van der Waals surface area contributed by atoms with Gasteiger partial charge in [0.1, 0.15) is 6.61 Å². The fraction of sp³-hybridized carbons (Fsp3) is 0.957. The number of alkyl halides is 27. The number of ether oxygens (including phenoxy) is 4. The SMILES string of the molecule is CCN(CC)C(=O)COCC(COC(C(F)(F)F)(C(F)(F)F)C(F)(F)F)(COC(C(F)(F)F)(C(F)(F)F)C(F)(F)F)COC(C(F)(F)F)(C(F)(F)F)C(F)(F)F. The molecule has 0 N–H and O–H groups in total. The molecule has 0 aliphatic rings. The second kappa shape index (κ2) is 16.2. The molecule has 0 aliphatic heterocycles. The molecule has 0 heterocycles. The molecule has 0 aliphatic carbocycles. The van der Waals surface area contributed by atoms with E-state index in [2.05, 4.69) is 18.9 Å². The fourth-order valence-corrected chi connectivity index (χ4v) is 4.24. The third kappa shape index (κ3) is 9.98. The van der Waals surface area contributed by atoms with Gasteiger partial charge in [-0.25, -0.2) is 0 Å². The molecule has 0 spiro atoms. The Bertz CT molecular complexity index is 1040. The van der Waals surface area contributed by atoms with E-state index in [-0.39, 0.29) is 0 Å². The van der Waals surface area contributed by atoms with Gasteiger partial charge in [-0.2, -0.15) is 119 Å². The van der Waals surface area contributed by atoms with Crippen molar-refractivity contribution in [2.75, 3.05) is 46.1 Å². The monoisotopic (exact) mass is 903 g/mol. The molecule has 6 nitrogen and oxygen atoms in total. The van der Waals surface area contributed by atoms with Crippen molar-refractivity contribution in [3.05, 3.63) is 0 Å². The first-order valence-corrected chi connectivity index (χ1v) is 13.7. The van der Waals surface area contributed by atoms with Crippen molar-refractivity contribution in [1.82, 2.24) is 4.90 Å². The Kier molecular flexibility index (Phi) is 15.5. The average Bonchev–Trinajstić information content (AvgIpc) is 2.87. The fourth-order valence-electron chi connectivity index (χ4n) is 4.24. The number of hydrogen-bond donors (Lipinski definition) is 0. The molecule has 56 heavy (non-hydrogen) atoms. The lowest BCUT2D eigenvalue weighted by Crippen LogP contribution is -2.71. The van der Waals surface area contributed by atoms with Crippen LogP contribution in [0.5, 0.6) is 0 Å². The van der Waals surface area contributed by atoms with Gasteiger partial charge in [0.05, 0.1) is 31.8 Å². The first-order chi connectivity index (χ1) is 24.3. The maximum atomic E-state index is 13.6. The Balaban J connectivity index is 8.49. The summed E-state index contributed by atoms with van der Waals surface area (Å²) < 4.78 is 378. The molecule has 0 aromatic carbocycles. The van der Waals surface area contributed by atoms with Crippen LogP contribution in [0.3, 0.4) is 0 Å². The van der Waals surface area contributed by atoms with Gasteiger partial charge in [0, 0.05) is 13.1 Å². The van der Waals surface area contributed by atoms with Crippen molar-refractivity contribution in [2.45, 2.75) is 86.2 Å². The van der Waals surface area contributed by atoms with E-state index in [4.69, 9.17) is 0 Å². The number of hydrogen-bond acceptors (Lipinski definition) is 5. The number of likely N-dealkylation sites (N-methyl/N-ethyl adjacent to an activating group) is 1. The zero-order valence-corrected chi connectivity index (χ0v) is 26.6. The lowest BCUT2D eigenvalue weighted by molar-refractivity contribution is -0.474. The highest BCUT2D eigenvalue weighted by molar-refractivity contribution is 5.77. The molecule has 0 saturated carbocycles. The third-order valence-corrected chi connectivity index (χ3v) is 7.13. The second-order valence-corrected chi connectivity index (χ2v) is 10.9. The van der Waals surface area contributed by atoms with E-state index in [0.717, 1.165) is 13.8 Å². The Morgan fingerprint density at radius 2 is 0.571 bits per heavy atom. The van der Waals surface area contributed by atoms with Gasteiger partial charge >= 0.3 is 72.4 Å². The van der Waals surface area contributed by atoms with Crippen LogP contribution in [0.4, 0.5) is 119 Å². The predicted molar refractivity (Wildman–Crippen MR) is 122 cm³/mol. The number of rotatable bonds is 15. The summed E-state index contributed by atoms with van der Waals surface area (Å²) in [4.78, 5) is 12.7. The van der Waals surface area contributed by atoms with Gasteiger partial charge in [-0.15, -0.1) is 0 Å². The molecule has 0 atom stereocenters. The first kappa shape index (κ1) is 53.4. The molecular weight excluding hydrogens is 883 g/mol. The van der Waals surface area contributed by atoms with Crippen molar-refractivity contribution in [2.24, 2.45) is 5.41 Å². The van der Waals surface area contributed by atoms with E-state index in [0.29, 0.717) is 4.90 Å². The zero-order chi connectivity index (χ0) is 45.4. The Hall–Kier alpha value is -2.58. The predicted octanol–water partition coefficient (Wildman–Crippen LogP) is 9.18. The van der Waals surface area contributed by atoms with Crippen molar-refractivity contribution in [3.8, 4) is 0 Å². The molecule has 0 fully saturated rings. The largest absolute Gasteiger partial charge is 0.435 e. The highest BCUT2D eigenvalue weighted by Crippen LogP contribution is 2.59. The maximum Gasteiger partial charge on any atom is 0.435 e. The van der Waals surface area contributed by atoms with Crippen molar-refractivity contribution >= 4 is 5.91 Å². The number of halogens is 27. The highest BCUT2D eigenvalue weighted by atomic mass is 19.5. The summed E-state index contributed by atoms with van der Waals surface area (Å²) in [7, 11) is 0. The molecule has 0 bridgehead atoms. The van der Waals surface area contributed by atoms with E-state index in [9.17, 15) is 123 Å². The molecule has 0 radical (unpaired) electrons. The zero-order valence-electron chi connectivity index (χ0n) is 26.6. The number of carbonyl (C=O) groups excluding carboxylic acids is 1. The summed E-state index contributed by atoms with van der Waals surface area (Å²) in [5, 5.41) is 0. The van der Waals surface area contributed by atoms with Gasteiger partial charge in [-0.3, -0.25) is 4.79 Å². The van der Waals surface area contributed by atoms with E-state index in [1.807, 2.05) is 0 Å². The molecule has 1 amide bonds. The summed E-state index contributed by atoms with van der Waals surface area (Å²) in [5.41, 5.74) is -29.1. The van der Waals surface area contributed by atoms with E-state index >= 15 is 0 Å². The van der Waals surface area contributed by atoms with Crippen LogP contribution in [0, 0.1) is 5.41 Å². The lowest BCUT2D eigenvalue weighted by Gasteiger charge is -2.45. The Morgan fingerprint density at radius 1 is 0.375 bits per heavy atom. The van der Waals surface area contributed by atoms with Gasteiger partial charge in [-0.1, -0.05) is 0 Å². The minimum atomic E-state index is -8.07.